The van der Waals surface area contributed by atoms with Crippen molar-refractivity contribution in [2.45, 2.75) is 18.6 Å². The summed E-state index contributed by atoms with van der Waals surface area (Å²) in [6.45, 7) is 7.24. The molecule has 1 rings (SSSR count). The number of aliphatic imine (C=N–C) groups is 1. The van der Waals surface area contributed by atoms with Crippen molar-refractivity contribution in [1.82, 2.24) is 19.8 Å². The van der Waals surface area contributed by atoms with Crippen LogP contribution >= 0.6 is 0 Å². The standard InChI is InChI=1S/C14H27N5O3S/c1-5-8-15-14(16-10-13(20)18(3)4)19-9-7-12(11-19)23(21,22)17-6-2/h5,12,17H,1,6-11H2,2-4H3,(H,15,16). The monoisotopic (exact) mass is 345 g/mol. The van der Waals surface area contributed by atoms with Gasteiger partial charge in [-0.3, -0.25) is 4.79 Å². The molecule has 1 aliphatic rings. The summed E-state index contributed by atoms with van der Waals surface area (Å²) < 4.78 is 26.7. The first-order valence-electron chi connectivity index (χ1n) is 7.64. The number of hydrogen-bond donors (Lipinski definition) is 2. The van der Waals surface area contributed by atoms with Gasteiger partial charge in [0.15, 0.2) is 5.96 Å². The molecule has 132 valence electrons. The third-order valence-electron chi connectivity index (χ3n) is 3.50. The Morgan fingerprint density at radius 1 is 1.48 bits per heavy atom. The van der Waals surface area contributed by atoms with Crippen LogP contribution in [0.3, 0.4) is 0 Å². The molecule has 1 fully saturated rings. The molecule has 0 radical (unpaired) electrons. The van der Waals surface area contributed by atoms with Gasteiger partial charge >= 0.3 is 0 Å². The molecule has 0 aromatic heterocycles. The third-order valence-corrected chi connectivity index (χ3v) is 5.45. The Kier molecular flexibility index (Phi) is 7.50. The highest BCUT2D eigenvalue weighted by molar-refractivity contribution is 7.90. The van der Waals surface area contributed by atoms with Gasteiger partial charge in [0.05, 0.1) is 5.25 Å². The lowest BCUT2D eigenvalue weighted by atomic mass is 10.4. The molecule has 8 nitrogen and oxygen atoms in total. The van der Waals surface area contributed by atoms with Gasteiger partial charge in [-0.15, -0.1) is 6.58 Å². The molecule has 9 heteroatoms. The van der Waals surface area contributed by atoms with Crippen LogP contribution in [-0.2, 0) is 14.8 Å². The molecule has 0 aromatic rings. The van der Waals surface area contributed by atoms with Crippen molar-refractivity contribution >= 4 is 21.9 Å². The summed E-state index contributed by atoms with van der Waals surface area (Å²) in [5.74, 6) is 0.424. The molecule has 1 aliphatic heterocycles. The lowest BCUT2D eigenvalue weighted by molar-refractivity contribution is -0.127. The van der Waals surface area contributed by atoms with Crippen molar-refractivity contribution in [2.75, 3.05) is 46.8 Å². The van der Waals surface area contributed by atoms with E-state index in [0.29, 0.717) is 38.6 Å². The quantitative estimate of drug-likeness (QED) is 0.359. The Morgan fingerprint density at radius 3 is 2.74 bits per heavy atom. The zero-order valence-electron chi connectivity index (χ0n) is 14.1. The topological polar surface area (TPSA) is 94.1 Å². The van der Waals surface area contributed by atoms with E-state index in [9.17, 15) is 13.2 Å². The zero-order valence-corrected chi connectivity index (χ0v) is 14.9. The first-order valence-corrected chi connectivity index (χ1v) is 9.19. The van der Waals surface area contributed by atoms with Crippen LogP contribution < -0.4 is 10.0 Å². The van der Waals surface area contributed by atoms with E-state index in [1.165, 1.54) is 4.90 Å². The summed E-state index contributed by atoms with van der Waals surface area (Å²) >= 11 is 0. The van der Waals surface area contributed by atoms with E-state index in [1.807, 2.05) is 4.90 Å². The molecule has 2 N–H and O–H groups in total. The van der Waals surface area contributed by atoms with Gasteiger partial charge in [0, 0.05) is 40.3 Å². The van der Waals surface area contributed by atoms with E-state index in [2.05, 4.69) is 21.6 Å². The fraction of sp³-hybridized carbons (Fsp3) is 0.714. The van der Waals surface area contributed by atoms with E-state index < -0.39 is 15.3 Å². The van der Waals surface area contributed by atoms with Crippen LogP contribution in [0.1, 0.15) is 13.3 Å². The van der Waals surface area contributed by atoms with Crippen LogP contribution in [-0.4, -0.2) is 82.2 Å². The SMILES string of the molecule is C=CCNC(=NCC(=O)N(C)C)N1CCC(S(=O)(=O)NCC)C1. The summed E-state index contributed by atoms with van der Waals surface area (Å²) in [6.07, 6.45) is 2.22. The molecule has 23 heavy (non-hydrogen) atoms. The van der Waals surface area contributed by atoms with Gasteiger partial charge in [0.25, 0.3) is 0 Å². The Balaban J connectivity index is 2.78. The van der Waals surface area contributed by atoms with Crippen LogP contribution in [0.4, 0.5) is 0 Å². The molecular weight excluding hydrogens is 318 g/mol. The molecule has 1 heterocycles. The van der Waals surface area contributed by atoms with E-state index in [4.69, 9.17) is 0 Å². The molecule has 0 aliphatic carbocycles. The van der Waals surface area contributed by atoms with Crippen molar-refractivity contribution in [3.8, 4) is 0 Å². The van der Waals surface area contributed by atoms with Crippen LogP contribution in [0.15, 0.2) is 17.6 Å². The summed E-state index contributed by atoms with van der Waals surface area (Å²) in [5.41, 5.74) is 0. The van der Waals surface area contributed by atoms with Crippen molar-refractivity contribution in [1.29, 1.82) is 0 Å². The molecular formula is C14H27N5O3S. The maximum atomic E-state index is 12.1. The predicted molar refractivity (Wildman–Crippen MR) is 91.8 cm³/mol. The number of rotatable bonds is 7. The number of hydrogen-bond acceptors (Lipinski definition) is 4. The van der Waals surface area contributed by atoms with Gasteiger partial charge < -0.3 is 15.1 Å². The van der Waals surface area contributed by atoms with Crippen molar-refractivity contribution in [3.05, 3.63) is 12.7 Å². The third kappa shape index (κ3) is 5.83. The van der Waals surface area contributed by atoms with Gasteiger partial charge in [0.1, 0.15) is 6.54 Å². The minimum atomic E-state index is -3.31. The number of carbonyl (C=O) groups excluding carboxylic acids is 1. The fourth-order valence-electron chi connectivity index (χ4n) is 2.21. The van der Waals surface area contributed by atoms with E-state index in [0.717, 1.165) is 0 Å². The molecule has 0 bridgehead atoms. The highest BCUT2D eigenvalue weighted by Gasteiger charge is 2.33. The maximum Gasteiger partial charge on any atom is 0.243 e. The molecule has 0 spiro atoms. The highest BCUT2D eigenvalue weighted by atomic mass is 32.2. The molecule has 0 saturated carbocycles. The average molecular weight is 345 g/mol. The molecule has 1 unspecified atom stereocenters. The first kappa shape index (κ1) is 19.4. The van der Waals surface area contributed by atoms with Gasteiger partial charge in [-0.05, 0) is 6.42 Å². The largest absolute Gasteiger partial charge is 0.353 e. The summed E-state index contributed by atoms with van der Waals surface area (Å²) in [7, 11) is 0.0289. The zero-order chi connectivity index (χ0) is 17.5. The minimum absolute atomic E-state index is 0.0214. The molecule has 1 saturated heterocycles. The minimum Gasteiger partial charge on any atom is -0.353 e. The lowest BCUT2D eigenvalue weighted by Gasteiger charge is -2.22. The van der Waals surface area contributed by atoms with Crippen molar-refractivity contribution in [3.63, 3.8) is 0 Å². The highest BCUT2D eigenvalue weighted by Crippen LogP contribution is 2.16. The van der Waals surface area contributed by atoms with Crippen molar-refractivity contribution < 1.29 is 13.2 Å². The molecule has 0 aromatic carbocycles. The number of likely N-dealkylation sites (N-methyl/N-ethyl adjacent to an activating group) is 1. The Bertz CT molecular complexity index is 545. The van der Waals surface area contributed by atoms with Crippen LogP contribution in [0, 0.1) is 0 Å². The van der Waals surface area contributed by atoms with E-state index in [-0.39, 0.29) is 12.5 Å². The summed E-state index contributed by atoms with van der Waals surface area (Å²) in [4.78, 5) is 19.3. The number of sulfonamides is 1. The van der Waals surface area contributed by atoms with E-state index >= 15 is 0 Å². The van der Waals surface area contributed by atoms with Gasteiger partial charge in [-0.25, -0.2) is 18.1 Å². The van der Waals surface area contributed by atoms with Crippen LogP contribution in [0.25, 0.3) is 0 Å². The number of nitrogens with zero attached hydrogens (tertiary/aromatic N) is 3. The Hall–Kier alpha value is -1.61. The number of nitrogens with one attached hydrogen (secondary N) is 2. The maximum absolute atomic E-state index is 12.1. The van der Waals surface area contributed by atoms with Crippen molar-refractivity contribution in [2.24, 2.45) is 4.99 Å². The Morgan fingerprint density at radius 2 is 2.17 bits per heavy atom. The first-order chi connectivity index (χ1) is 10.8. The van der Waals surface area contributed by atoms with Crippen LogP contribution in [0.2, 0.25) is 0 Å². The second-order valence-corrected chi connectivity index (χ2v) is 7.54. The van der Waals surface area contributed by atoms with Gasteiger partial charge in [-0.1, -0.05) is 13.0 Å². The normalized spacial score (nSPS) is 18.8. The molecule has 1 amide bonds. The molecule has 1 atom stereocenters. The number of likely N-dealkylation sites (tertiary alicyclic amines) is 1. The second kappa shape index (κ2) is 8.88. The predicted octanol–water partition coefficient (Wildman–Crippen LogP) is -0.780. The smallest absolute Gasteiger partial charge is 0.243 e. The Labute approximate surface area is 138 Å². The lowest BCUT2D eigenvalue weighted by Crippen LogP contribution is -2.43. The summed E-state index contributed by atoms with van der Waals surface area (Å²) in [6, 6.07) is 0. The average Bonchev–Trinajstić information content (AvgIpc) is 2.97. The number of carbonyl (C=O) groups is 1. The van der Waals surface area contributed by atoms with E-state index in [1.54, 1.807) is 27.1 Å². The van der Waals surface area contributed by atoms with Gasteiger partial charge in [0.2, 0.25) is 15.9 Å². The fourth-order valence-corrected chi connectivity index (χ4v) is 3.64. The van der Waals surface area contributed by atoms with Gasteiger partial charge in [-0.2, -0.15) is 0 Å². The number of guanidine groups is 1. The second-order valence-electron chi connectivity index (χ2n) is 5.50. The van der Waals surface area contributed by atoms with Crippen LogP contribution in [0.5, 0.6) is 0 Å². The summed E-state index contributed by atoms with van der Waals surface area (Å²) in [5, 5.41) is 2.61. The number of amides is 1.